The van der Waals surface area contributed by atoms with Crippen LogP contribution in [0.2, 0.25) is 10.0 Å². The summed E-state index contributed by atoms with van der Waals surface area (Å²) in [6.07, 6.45) is 0. The molecule has 0 atom stereocenters. The van der Waals surface area contributed by atoms with Gasteiger partial charge in [0.2, 0.25) is 0 Å². The summed E-state index contributed by atoms with van der Waals surface area (Å²) < 4.78 is 13.6. The third-order valence-corrected chi connectivity index (χ3v) is 5.79. The van der Waals surface area contributed by atoms with Crippen LogP contribution in [0, 0.1) is 15.9 Å². The lowest BCUT2D eigenvalue weighted by Crippen LogP contribution is -2.10. The van der Waals surface area contributed by atoms with Crippen LogP contribution < -0.4 is 0 Å². The van der Waals surface area contributed by atoms with E-state index in [1.807, 2.05) is 0 Å². The maximum Gasteiger partial charge on any atom is 0.336 e. The van der Waals surface area contributed by atoms with Crippen LogP contribution in [0.25, 0.3) is 0 Å². The van der Waals surface area contributed by atoms with Crippen LogP contribution in [0.1, 0.15) is 26.3 Å². The standard InChI is InChI=1S/C20H10Cl2FNO5S/c21-15-5-3-12(9-16(15)22)30-18-6-1-10(7-17(18)24(28)29)19(25)14-8-11(23)2-4-13(14)20(26)27/h1-9H,(H,26,27). The number of nitro groups is 1. The molecule has 0 aliphatic rings. The number of halogens is 3. The molecule has 0 aliphatic heterocycles. The largest absolute Gasteiger partial charge is 0.478 e. The average Bonchev–Trinajstić information content (AvgIpc) is 2.70. The Kier molecular flexibility index (Phi) is 6.40. The molecule has 0 aromatic heterocycles. The van der Waals surface area contributed by atoms with Crippen molar-refractivity contribution < 1.29 is 24.0 Å². The number of hydrogen-bond acceptors (Lipinski definition) is 5. The Morgan fingerprint density at radius 2 is 1.70 bits per heavy atom. The highest BCUT2D eigenvalue weighted by atomic mass is 35.5. The number of benzene rings is 3. The van der Waals surface area contributed by atoms with E-state index in [-0.39, 0.29) is 21.2 Å². The summed E-state index contributed by atoms with van der Waals surface area (Å²) in [5.74, 6) is -3.06. The van der Waals surface area contributed by atoms with Crippen molar-refractivity contribution in [2.24, 2.45) is 0 Å². The van der Waals surface area contributed by atoms with E-state index >= 15 is 0 Å². The molecule has 0 unspecified atom stereocenters. The van der Waals surface area contributed by atoms with Crippen molar-refractivity contribution in [2.75, 3.05) is 0 Å². The molecule has 1 N–H and O–H groups in total. The van der Waals surface area contributed by atoms with Gasteiger partial charge in [-0.15, -0.1) is 0 Å². The first-order valence-electron chi connectivity index (χ1n) is 8.16. The number of nitrogens with zero attached hydrogens (tertiary/aromatic N) is 1. The van der Waals surface area contributed by atoms with Gasteiger partial charge in [-0.2, -0.15) is 0 Å². The maximum atomic E-state index is 13.6. The summed E-state index contributed by atoms with van der Waals surface area (Å²) in [6.45, 7) is 0. The van der Waals surface area contributed by atoms with Gasteiger partial charge in [-0.3, -0.25) is 14.9 Å². The number of rotatable bonds is 6. The van der Waals surface area contributed by atoms with Crippen molar-refractivity contribution >= 4 is 52.4 Å². The highest BCUT2D eigenvalue weighted by molar-refractivity contribution is 7.99. The molecule has 0 spiro atoms. The van der Waals surface area contributed by atoms with Crippen LogP contribution in [0.5, 0.6) is 0 Å². The third kappa shape index (κ3) is 4.62. The zero-order chi connectivity index (χ0) is 22.0. The third-order valence-electron chi connectivity index (χ3n) is 3.99. The predicted molar refractivity (Wildman–Crippen MR) is 110 cm³/mol. The lowest BCUT2D eigenvalue weighted by atomic mass is 9.98. The Labute approximate surface area is 183 Å². The lowest BCUT2D eigenvalue weighted by Gasteiger charge is -2.08. The Morgan fingerprint density at radius 3 is 2.33 bits per heavy atom. The highest BCUT2D eigenvalue weighted by Gasteiger charge is 2.23. The van der Waals surface area contributed by atoms with Gasteiger partial charge in [-0.25, -0.2) is 9.18 Å². The van der Waals surface area contributed by atoms with Crippen molar-refractivity contribution in [3.8, 4) is 0 Å². The summed E-state index contributed by atoms with van der Waals surface area (Å²) in [7, 11) is 0. The van der Waals surface area contributed by atoms with E-state index in [1.54, 1.807) is 18.2 Å². The van der Waals surface area contributed by atoms with Crippen LogP contribution in [-0.4, -0.2) is 21.8 Å². The number of ketones is 1. The van der Waals surface area contributed by atoms with Gasteiger partial charge in [0.05, 0.1) is 25.4 Å². The van der Waals surface area contributed by atoms with E-state index < -0.39 is 33.6 Å². The van der Waals surface area contributed by atoms with Crippen LogP contribution in [0.4, 0.5) is 10.1 Å². The number of aromatic carboxylic acids is 1. The second kappa shape index (κ2) is 8.83. The number of carbonyl (C=O) groups excluding carboxylic acids is 1. The molecular weight excluding hydrogens is 456 g/mol. The monoisotopic (exact) mass is 465 g/mol. The topological polar surface area (TPSA) is 97.5 Å². The predicted octanol–water partition coefficient (Wildman–Crippen LogP) is 6.12. The maximum absolute atomic E-state index is 13.6. The van der Waals surface area contributed by atoms with Crippen LogP contribution in [0.3, 0.4) is 0 Å². The molecule has 30 heavy (non-hydrogen) atoms. The van der Waals surface area contributed by atoms with Crippen molar-refractivity contribution in [3.63, 3.8) is 0 Å². The minimum Gasteiger partial charge on any atom is -0.478 e. The molecule has 0 amide bonds. The van der Waals surface area contributed by atoms with E-state index in [9.17, 15) is 29.2 Å². The molecule has 0 saturated carbocycles. The summed E-state index contributed by atoms with van der Waals surface area (Å²) in [4.78, 5) is 35.8. The normalized spacial score (nSPS) is 10.6. The lowest BCUT2D eigenvalue weighted by molar-refractivity contribution is -0.387. The van der Waals surface area contributed by atoms with E-state index in [4.69, 9.17) is 23.2 Å². The number of hydrogen-bond donors (Lipinski definition) is 1. The number of carboxylic acid groups (broad SMARTS) is 1. The van der Waals surface area contributed by atoms with Crippen LogP contribution >= 0.6 is 35.0 Å². The van der Waals surface area contributed by atoms with Gasteiger partial charge in [-0.1, -0.05) is 35.0 Å². The van der Waals surface area contributed by atoms with Gasteiger partial charge in [-0.05, 0) is 48.5 Å². The van der Waals surface area contributed by atoms with E-state index in [0.29, 0.717) is 9.92 Å². The molecule has 152 valence electrons. The van der Waals surface area contributed by atoms with Gasteiger partial charge in [0.1, 0.15) is 5.82 Å². The molecule has 3 aromatic carbocycles. The minimum absolute atomic E-state index is 0.145. The van der Waals surface area contributed by atoms with E-state index in [0.717, 1.165) is 36.0 Å². The van der Waals surface area contributed by atoms with Gasteiger partial charge in [0, 0.05) is 22.1 Å². The first kappa shape index (κ1) is 21.8. The molecule has 0 bridgehead atoms. The average molecular weight is 466 g/mol. The summed E-state index contributed by atoms with van der Waals surface area (Å²) >= 11 is 12.9. The Morgan fingerprint density at radius 1 is 0.967 bits per heavy atom. The zero-order valence-electron chi connectivity index (χ0n) is 14.8. The van der Waals surface area contributed by atoms with Crippen molar-refractivity contribution in [2.45, 2.75) is 9.79 Å². The molecule has 6 nitrogen and oxygen atoms in total. The fourth-order valence-electron chi connectivity index (χ4n) is 2.60. The fourth-order valence-corrected chi connectivity index (χ4v) is 3.90. The molecule has 0 heterocycles. The first-order valence-corrected chi connectivity index (χ1v) is 9.73. The van der Waals surface area contributed by atoms with Gasteiger partial charge >= 0.3 is 5.97 Å². The molecule has 3 rings (SSSR count). The molecule has 0 aliphatic carbocycles. The molecule has 10 heteroatoms. The second-order valence-corrected chi connectivity index (χ2v) is 7.87. The second-order valence-electron chi connectivity index (χ2n) is 5.94. The molecule has 0 saturated heterocycles. The van der Waals surface area contributed by atoms with E-state index in [1.165, 1.54) is 12.1 Å². The zero-order valence-corrected chi connectivity index (χ0v) is 17.1. The summed E-state index contributed by atoms with van der Waals surface area (Å²) in [5, 5.41) is 21.4. The molecular formula is C20H10Cl2FNO5S. The van der Waals surface area contributed by atoms with Gasteiger partial charge < -0.3 is 5.11 Å². The number of carbonyl (C=O) groups is 2. The molecule has 0 radical (unpaired) electrons. The fraction of sp³-hybridized carbons (Fsp3) is 0. The SMILES string of the molecule is O=C(O)c1ccc(F)cc1C(=O)c1ccc(Sc2ccc(Cl)c(Cl)c2)c([N+](=O)[O-])c1. The van der Waals surface area contributed by atoms with E-state index in [2.05, 4.69) is 0 Å². The smallest absolute Gasteiger partial charge is 0.336 e. The summed E-state index contributed by atoms with van der Waals surface area (Å²) in [5.41, 5.74) is -1.32. The van der Waals surface area contributed by atoms with Crippen LogP contribution in [-0.2, 0) is 0 Å². The molecule has 0 fully saturated rings. The Hall–Kier alpha value is -2.94. The first-order chi connectivity index (χ1) is 14.2. The van der Waals surface area contributed by atoms with Crippen molar-refractivity contribution in [1.82, 2.24) is 0 Å². The van der Waals surface area contributed by atoms with Crippen molar-refractivity contribution in [1.29, 1.82) is 0 Å². The Bertz CT molecular complexity index is 1200. The quantitative estimate of drug-likeness (QED) is 0.267. The number of nitro benzene ring substituents is 1. The van der Waals surface area contributed by atoms with Crippen LogP contribution in [0.15, 0.2) is 64.4 Å². The Balaban J connectivity index is 2.02. The van der Waals surface area contributed by atoms with Gasteiger partial charge in [0.15, 0.2) is 5.78 Å². The highest BCUT2D eigenvalue weighted by Crippen LogP contribution is 2.38. The molecule has 3 aromatic rings. The minimum atomic E-state index is -1.42. The van der Waals surface area contributed by atoms with Crippen molar-refractivity contribution in [3.05, 3.63) is 97.3 Å². The summed E-state index contributed by atoms with van der Waals surface area (Å²) in [6, 6.07) is 11.1. The van der Waals surface area contributed by atoms with Gasteiger partial charge in [0.25, 0.3) is 5.69 Å². The number of carboxylic acids is 1.